The quantitative estimate of drug-likeness (QED) is 0.778. The maximum atomic E-state index is 13.1. The minimum absolute atomic E-state index is 0.290. The first-order chi connectivity index (χ1) is 8.51. The van der Waals surface area contributed by atoms with Gasteiger partial charge in [-0.1, -0.05) is 20.8 Å². The van der Waals surface area contributed by atoms with E-state index in [4.69, 9.17) is 0 Å². The summed E-state index contributed by atoms with van der Waals surface area (Å²) in [6, 6.07) is 4.05. The molecule has 1 unspecified atom stereocenters. The maximum Gasteiger partial charge on any atom is 0.126 e. The first-order valence-corrected chi connectivity index (χ1v) is 6.69. The molecule has 102 valence electrons. The first-order valence-electron chi connectivity index (χ1n) is 6.69. The maximum absolute atomic E-state index is 13.1. The zero-order chi connectivity index (χ0) is 13.5. The van der Waals surface area contributed by atoms with E-state index in [2.05, 4.69) is 26.1 Å². The number of benzene rings is 1. The molecule has 0 aliphatic heterocycles. The van der Waals surface area contributed by atoms with Crippen LogP contribution in [0.25, 0.3) is 0 Å². The summed E-state index contributed by atoms with van der Waals surface area (Å²) in [6.07, 6.45) is 2.83. The minimum Gasteiger partial charge on any atom is -0.314 e. The zero-order valence-electron chi connectivity index (χ0n) is 11.5. The molecule has 0 bridgehead atoms. The minimum atomic E-state index is -0.496. The van der Waals surface area contributed by atoms with Gasteiger partial charge in [0.05, 0.1) is 0 Å². The summed E-state index contributed by atoms with van der Waals surface area (Å²) in [5.41, 5.74) is 0.724. The van der Waals surface area contributed by atoms with Gasteiger partial charge in [-0.25, -0.2) is 8.78 Å². The lowest BCUT2D eigenvalue weighted by Crippen LogP contribution is -2.31. The van der Waals surface area contributed by atoms with Crippen LogP contribution in [0, 0.1) is 17.6 Å². The van der Waals surface area contributed by atoms with Gasteiger partial charge in [0.2, 0.25) is 0 Å². The SMILES string of the molecule is CCNC(CCC(C)C)Cc1cc(F)cc(F)c1. The van der Waals surface area contributed by atoms with E-state index in [1.165, 1.54) is 12.1 Å². The molecule has 0 saturated heterocycles. The highest BCUT2D eigenvalue weighted by Crippen LogP contribution is 2.14. The van der Waals surface area contributed by atoms with Crippen LogP contribution in [-0.2, 0) is 6.42 Å². The van der Waals surface area contributed by atoms with Crippen LogP contribution >= 0.6 is 0 Å². The number of nitrogens with one attached hydrogen (secondary N) is 1. The molecule has 0 heterocycles. The summed E-state index contributed by atoms with van der Waals surface area (Å²) in [4.78, 5) is 0. The van der Waals surface area contributed by atoms with Gasteiger partial charge in [0.1, 0.15) is 11.6 Å². The molecule has 1 aromatic carbocycles. The van der Waals surface area contributed by atoms with Crippen molar-refractivity contribution in [1.29, 1.82) is 0 Å². The van der Waals surface area contributed by atoms with Crippen LogP contribution < -0.4 is 5.32 Å². The Labute approximate surface area is 109 Å². The largest absolute Gasteiger partial charge is 0.314 e. The molecular weight excluding hydrogens is 232 g/mol. The smallest absolute Gasteiger partial charge is 0.126 e. The second-order valence-electron chi connectivity index (χ2n) is 5.21. The summed E-state index contributed by atoms with van der Waals surface area (Å²) in [7, 11) is 0. The van der Waals surface area contributed by atoms with Crippen LogP contribution in [0.1, 0.15) is 39.2 Å². The highest BCUT2D eigenvalue weighted by Gasteiger charge is 2.11. The molecule has 18 heavy (non-hydrogen) atoms. The molecule has 0 amide bonds. The molecule has 0 aliphatic carbocycles. The van der Waals surface area contributed by atoms with Crippen LogP contribution in [0.5, 0.6) is 0 Å². The monoisotopic (exact) mass is 255 g/mol. The van der Waals surface area contributed by atoms with E-state index in [1.807, 2.05) is 0 Å². The third-order valence-electron chi connectivity index (χ3n) is 2.99. The average Bonchev–Trinajstić information content (AvgIpc) is 2.24. The lowest BCUT2D eigenvalue weighted by molar-refractivity contribution is 0.433. The highest BCUT2D eigenvalue weighted by atomic mass is 19.1. The second kappa shape index (κ2) is 7.47. The van der Waals surface area contributed by atoms with Crippen LogP contribution in [0.3, 0.4) is 0 Å². The molecule has 3 heteroatoms. The molecule has 1 N–H and O–H groups in total. The molecule has 1 atom stereocenters. The summed E-state index contributed by atoms with van der Waals surface area (Å²) in [6.45, 7) is 7.30. The van der Waals surface area contributed by atoms with Crippen LogP contribution in [-0.4, -0.2) is 12.6 Å². The molecule has 0 fully saturated rings. The fourth-order valence-electron chi connectivity index (χ4n) is 2.11. The van der Waals surface area contributed by atoms with Crippen LogP contribution in [0.2, 0.25) is 0 Å². The van der Waals surface area contributed by atoms with Gasteiger partial charge in [-0.3, -0.25) is 0 Å². The van der Waals surface area contributed by atoms with Gasteiger partial charge in [0.15, 0.2) is 0 Å². The van der Waals surface area contributed by atoms with Gasteiger partial charge in [0, 0.05) is 12.1 Å². The normalized spacial score (nSPS) is 13.0. The summed E-state index contributed by atoms with van der Waals surface area (Å²) in [5, 5.41) is 3.38. The van der Waals surface area contributed by atoms with Crippen molar-refractivity contribution in [1.82, 2.24) is 5.32 Å². The van der Waals surface area contributed by atoms with Gasteiger partial charge >= 0.3 is 0 Å². The summed E-state index contributed by atoms with van der Waals surface area (Å²) in [5.74, 6) is -0.344. The van der Waals surface area contributed by atoms with Crippen molar-refractivity contribution in [2.45, 2.75) is 46.1 Å². The third kappa shape index (κ3) is 5.58. The Morgan fingerprint density at radius 1 is 1.06 bits per heavy atom. The van der Waals surface area contributed by atoms with Crippen molar-refractivity contribution < 1.29 is 8.78 Å². The number of rotatable bonds is 7. The number of halogens is 2. The number of hydrogen-bond acceptors (Lipinski definition) is 1. The topological polar surface area (TPSA) is 12.0 Å². The predicted molar refractivity (Wildman–Crippen MR) is 71.6 cm³/mol. The Kier molecular flexibility index (Phi) is 6.27. The predicted octanol–water partition coefficient (Wildman–Crippen LogP) is 3.92. The number of likely N-dealkylation sites (N-methyl/N-ethyl adjacent to an activating group) is 1. The van der Waals surface area contributed by atoms with Gasteiger partial charge in [0.25, 0.3) is 0 Å². The fourth-order valence-corrected chi connectivity index (χ4v) is 2.11. The lowest BCUT2D eigenvalue weighted by Gasteiger charge is -2.19. The second-order valence-corrected chi connectivity index (χ2v) is 5.21. The van der Waals surface area contributed by atoms with E-state index in [0.29, 0.717) is 18.4 Å². The molecule has 0 aromatic heterocycles. The summed E-state index contributed by atoms with van der Waals surface area (Å²) < 4.78 is 26.2. The zero-order valence-corrected chi connectivity index (χ0v) is 11.5. The average molecular weight is 255 g/mol. The molecule has 0 saturated carbocycles. The molecule has 1 nitrogen and oxygen atoms in total. The van der Waals surface area contributed by atoms with Crippen molar-refractivity contribution in [3.8, 4) is 0 Å². The molecule has 1 rings (SSSR count). The van der Waals surface area contributed by atoms with E-state index >= 15 is 0 Å². The van der Waals surface area contributed by atoms with Crippen LogP contribution in [0.4, 0.5) is 8.78 Å². The molecule has 1 aromatic rings. The van der Waals surface area contributed by atoms with E-state index in [9.17, 15) is 8.78 Å². The van der Waals surface area contributed by atoms with Gasteiger partial charge in [-0.15, -0.1) is 0 Å². The Bertz CT molecular complexity index is 343. The van der Waals surface area contributed by atoms with E-state index in [0.717, 1.165) is 31.0 Å². The summed E-state index contributed by atoms with van der Waals surface area (Å²) >= 11 is 0. The molecule has 0 spiro atoms. The highest BCUT2D eigenvalue weighted by molar-refractivity contribution is 5.19. The fraction of sp³-hybridized carbons (Fsp3) is 0.600. The van der Waals surface area contributed by atoms with Gasteiger partial charge < -0.3 is 5.32 Å². The lowest BCUT2D eigenvalue weighted by atomic mass is 9.97. The van der Waals surface area contributed by atoms with E-state index in [-0.39, 0.29) is 0 Å². The van der Waals surface area contributed by atoms with E-state index < -0.39 is 11.6 Å². The molecular formula is C15H23F2N. The Balaban J connectivity index is 2.63. The van der Waals surface area contributed by atoms with E-state index in [1.54, 1.807) is 0 Å². The number of hydrogen-bond donors (Lipinski definition) is 1. The Morgan fingerprint density at radius 2 is 1.67 bits per heavy atom. The van der Waals surface area contributed by atoms with Crippen molar-refractivity contribution >= 4 is 0 Å². The Morgan fingerprint density at radius 3 is 2.17 bits per heavy atom. The standard InChI is InChI=1S/C15H23F2N/c1-4-18-15(6-5-11(2)3)9-12-7-13(16)10-14(17)8-12/h7-8,10-11,15,18H,4-6,9H2,1-3H3. The van der Waals surface area contributed by atoms with Gasteiger partial charge in [-0.2, -0.15) is 0 Å². The van der Waals surface area contributed by atoms with Crippen molar-refractivity contribution in [3.63, 3.8) is 0 Å². The van der Waals surface area contributed by atoms with Crippen LogP contribution in [0.15, 0.2) is 18.2 Å². The van der Waals surface area contributed by atoms with Crippen molar-refractivity contribution in [2.24, 2.45) is 5.92 Å². The van der Waals surface area contributed by atoms with Crippen molar-refractivity contribution in [3.05, 3.63) is 35.4 Å². The molecule has 0 radical (unpaired) electrons. The third-order valence-corrected chi connectivity index (χ3v) is 2.99. The first kappa shape index (κ1) is 15.1. The Hall–Kier alpha value is -0.960. The molecule has 0 aliphatic rings. The van der Waals surface area contributed by atoms with Crippen molar-refractivity contribution in [2.75, 3.05) is 6.54 Å². The van der Waals surface area contributed by atoms with Gasteiger partial charge in [-0.05, 0) is 49.4 Å².